The summed E-state index contributed by atoms with van der Waals surface area (Å²) in [7, 11) is 3.20. The van der Waals surface area contributed by atoms with Crippen molar-refractivity contribution >= 4 is 35.0 Å². The maximum absolute atomic E-state index is 13.7. The number of amides is 5. The molecule has 5 rings (SSSR count). The molecule has 0 bridgehead atoms. The molecule has 5 amide bonds. The van der Waals surface area contributed by atoms with Crippen molar-refractivity contribution < 1.29 is 38.4 Å². The van der Waals surface area contributed by atoms with E-state index in [4.69, 9.17) is 18.9 Å². The number of urea groups is 2. The number of benzene rings is 3. The molecule has 2 aliphatic rings. The molecule has 4 N–H and O–H groups in total. The minimum atomic E-state index is -0.592. The van der Waals surface area contributed by atoms with Crippen molar-refractivity contribution in [2.45, 2.75) is 26.0 Å². The van der Waals surface area contributed by atoms with E-state index in [1.807, 2.05) is 6.92 Å². The summed E-state index contributed by atoms with van der Waals surface area (Å²) in [5, 5.41) is 18.4. The predicted molar refractivity (Wildman–Crippen MR) is 167 cm³/mol. The minimum absolute atomic E-state index is 0.124. The molecule has 13 nitrogen and oxygen atoms in total. The van der Waals surface area contributed by atoms with E-state index in [9.17, 15) is 19.5 Å². The first-order valence-electron chi connectivity index (χ1n) is 14.5. The van der Waals surface area contributed by atoms with Gasteiger partial charge in [-0.2, -0.15) is 0 Å². The van der Waals surface area contributed by atoms with E-state index in [0.29, 0.717) is 28.6 Å². The topological polar surface area (TPSA) is 151 Å². The van der Waals surface area contributed by atoms with E-state index in [1.54, 1.807) is 86.6 Å². The van der Waals surface area contributed by atoms with Gasteiger partial charge in [-0.05, 0) is 55.5 Å². The van der Waals surface area contributed by atoms with E-state index < -0.39 is 18.2 Å². The number of fused-ring (bicyclic) bond motifs is 2. The lowest BCUT2D eigenvalue weighted by molar-refractivity contribution is 0.0373. The first-order chi connectivity index (χ1) is 21.7. The summed E-state index contributed by atoms with van der Waals surface area (Å²) in [5.41, 5.74) is 1.57. The standard InChI is InChI=1S/C32H37N5O8/c1-19-15-37(20(2)17-38)30(39)24-6-5-7-25(35-31(40)33-21-8-11-23(42-4)12-9-21)29(24)45-28(19)16-36(3)32(41)34-22-10-13-26-27(14-22)44-18-43-26/h5-14,19-20,28,38H,15-18H2,1-4H3,(H,34,41)(H2,33,35,40)/t19-,20-,28-/m1/s1. The van der Waals surface area contributed by atoms with Crippen molar-refractivity contribution in [1.82, 2.24) is 9.80 Å². The number of nitrogens with zero attached hydrogens (tertiary/aromatic N) is 2. The second kappa shape index (κ2) is 13.6. The molecule has 0 unspecified atom stereocenters. The van der Waals surface area contributed by atoms with Gasteiger partial charge in [0.15, 0.2) is 17.2 Å². The molecule has 0 aliphatic carbocycles. The number of ether oxygens (including phenoxy) is 4. The van der Waals surface area contributed by atoms with Gasteiger partial charge in [-0.15, -0.1) is 0 Å². The second-order valence-electron chi connectivity index (χ2n) is 11.0. The zero-order valence-electron chi connectivity index (χ0n) is 25.5. The van der Waals surface area contributed by atoms with Gasteiger partial charge in [0, 0.05) is 37.0 Å². The highest BCUT2D eigenvalue weighted by molar-refractivity contribution is 6.04. The normalized spacial score (nSPS) is 17.6. The molecule has 3 aromatic rings. The molecule has 3 atom stereocenters. The van der Waals surface area contributed by atoms with Crippen molar-refractivity contribution in [2.75, 3.05) is 56.6 Å². The van der Waals surface area contributed by atoms with E-state index in [1.165, 1.54) is 4.90 Å². The lowest BCUT2D eigenvalue weighted by atomic mass is 9.99. The molecule has 0 radical (unpaired) electrons. The molecule has 0 fully saturated rings. The SMILES string of the molecule is COc1ccc(NC(=O)Nc2cccc3c2O[C@H](CN(C)C(=O)Nc2ccc4c(c2)OCO4)[C@H](C)CN([C@H](C)CO)C3=O)cc1. The number of carbonyl (C=O) groups excluding carboxylic acids is 3. The van der Waals surface area contributed by atoms with Gasteiger partial charge in [0.25, 0.3) is 5.91 Å². The van der Waals surface area contributed by atoms with Crippen molar-refractivity contribution in [3.05, 3.63) is 66.2 Å². The fraction of sp³-hybridized carbons (Fsp3) is 0.344. The number of nitrogens with one attached hydrogen (secondary N) is 3. The average molecular weight is 620 g/mol. The van der Waals surface area contributed by atoms with Gasteiger partial charge in [0.1, 0.15) is 11.9 Å². The quantitative estimate of drug-likeness (QED) is 0.289. The summed E-state index contributed by atoms with van der Waals surface area (Å²) in [6.07, 6.45) is -0.592. The van der Waals surface area contributed by atoms with Crippen LogP contribution in [0, 0.1) is 5.92 Å². The lowest BCUT2D eigenvalue weighted by Gasteiger charge is -2.38. The molecular formula is C32H37N5O8. The number of hydrogen-bond donors (Lipinski definition) is 4. The molecule has 2 aliphatic heterocycles. The van der Waals surface area contributed by atoms with Gasteiger partial charge in [0.2, 0.25) is 6.79 Å². The fourth-order valence-corrected chi connectivity index (χ4v) is 5.06. The summed E-state index contributed by atoms with van der Waals surface area (Å²) in [6, 6.07) is 15.5. The van der Waals surface area contributed by atoms with Gasteiger partial charge in [0.05, 0.1) is 37.6 Å². The van der Waals surface area contributed by atoms with Crippen LogP contribution in [0.3, 0.4) is 0 Å². The van der Waals surface area contributed by atoms with Gasteiger partial charge in [-0.1, -0.05) is 13.0 Å². The number of likely N-dealkylation sites (N-methyl/N-ethyl adjacent to an activating group) is 1. The monoisotopic (exact) mass is 619 g/mol. The molecule has 13 heteroatoms. The van der Waals surface area contributed by atoms with Crippen LogP contribution >= 0.6 is 0 Å². The first kappa shape index (κ1) is 31.3. The summed E-state index contributed by atoms with van der Waals surface area (Å²) < 4.78 is 22.4. The molecule has 45 heavy (non-hydrogen) atoms. The Balaban J connectivity index is 1.38. The lowest BCUT2D eigenvalue weighted by Crippen LogP contribution is -2.50. The number of carbonyl (C=O) groups is 3. The van der Waals surface area contributed by atoms with Crippen molar-refractivity contribution in [3.8, 4) is 23.0 Å². The zero-order chi connectivity index (χ0) is 32.1. The molecular weight excluding hydrogens is 582 g/mol. The number of para-hydroxylation sites is 1. The van der Waals surface area contributed by atoms with E-state index in [2.05, 4.69) is 16.0 Å². The van der Waals surface area contributed by atoms with Crippen LogP contribution in [0.2, 0.25) is 0 Å². The summed E-state index contributed by atoms with van der Waals surface area (Å²) in [4.78, 5) is 43.0. The van der Waals surface area contributed by atoms with Crippen LogP contribution in [0.25, 0.3) is 0 Å². The van der Waals surface area contributed by atoms with Gasteiger partial charge < -0.3 is 49.8 Å². The Kier molecular flexibility index (Phi) is 9.48. The predicted octanol–water partition coefficient (Wildman–Crippen LogP) is 4.45. The Morgan fingerprint density at radius 1 is 1.04 bits per heavy atom. The molecule has 2 heterocycles. The Morgan fingerprint density at radius 2 is 1.78 bits per heavy atom. The van der Waals surface area contributed by atoms with Crippen molar-refractivity contribution in [3.63, 3.8) is 0 Å². The third-order valence-corrected chi connectivity index (χ3v) is 7.71. The van der Waals surface area contributed by atoms with Gasteiger partial charge in [-0.3, -0.25) is 4.79 Å². The third-order valence-electron chi connectivity index (χ3n) is 7.71. The van der Waals surface area contributed by atoms with Crippen LogP contribution in [-0.2, 0) is 0 Å². The zero-order valence-corrected chi connectivity index (χ0v) is 25.5. The highest BCUT2D eigenvalue weighted by atomic mass is 16.7. The minimum Gasteiger partial charge on any atom is -0.497 e. The molecule has 0 saturated heterocycles. The largest absolute Gasteiger partial charge is 0.497 e. The smallest absolute Gasteiger partial charge is 0.323 e. The average Bonchev–Trinajstić information content (AvgIpc) is 3.51. The van der Waals surface area contributed by atoms with Crippen LogP contribution in [0.15, 0.2) is 60.7 Å². The summed E-state index contributed by atoms with van der Waals surface area (Å²) in [6.45, 7) is 3.99. The number of methoxy groups -OCH3 is 1. The molecule has 0 aromatic heterocycles. The fourth-order valence-electron chi connectivity index (χ4n) is 5.06. The Bertz CT molecular complexity index is 1550. The second-order valence-corrected chi connectivity index (χ2v) is 11.0. The Hall–Kier alpha value is -5.17. The highest BCUT2D eigenvalue weighted by Crippen LogP contribution is 2.36. The van der Waals surface area contributed by atoms with Crippen LogP contribution < -0.4 is 34.9 Å². The number of anilines is 3. The van der Waals surface area contributed by atoms with E-state index >= 15 is 0 Å². The van der Waals surface area contributed by atoms with Gasteiger partial charge in [-0.25, -0.2) is 9.59 Å². The highest BCUT2D eigenvalue weighted by Gasteiger charge is 2.35. The summed E-state index contributed by atoms with van der Waals surface area (Å²) >= 11 is 0. The van der Waals surface area contributed by atoms with Crippen LogP contribution in [0.4, 0.5) is 26.7 Å². The number of aliphatic hydroxyl groups is 1. The Labute approximate surface area is 261 Å². The van der Waals surface area contributed by atoms with Gasteiger partial charge >= 0.3 is 12.1 Å². The summed E-state index contributed by atoms with van der Waals surface area (Å²) in [5.74, 6) is 1.36. The van der Waals surface area contributed by atoms with E-state index in [-0.39, 0.29) is 61.3 Å². The molecule has 3 aromatic carbocycles. The van der Waals surface area contributed by atoms with Crippen LogP contribution in [-0.4, -0.2) is 85.7 Å². The van der Waals surface area contributed by atoms with E-state index in [0.717, 1.165) is 0 Å². The maximum Gasteiger partial charge on any atom is 0.323 e. The van der Waals surface area contributed by atoms with Crippen molar-refractivity contribution in [2.24, 2.45) is 5.92 Å². The van der Waals surface area contributed by atoms with Crippen LogP contribution in [0.5, 0.6) is 23.0 Å². The first-order valence-corrected chi connectivity index (χ1v) is 14.5. The number of aliphatic hydroxyl groups excluding tert-OH is 1. The Morgan fingerprint density at radius 3 is 2.51 bits per heavy atom. The number of rotatable bonds is 8. The maximum atomic E-state index is 13.7. The number of hydrogen-bond acceptors (Lipinski definition) is 8. The van der Waals surface area contributed by atoms with Crippen LogP contribution in [0.1, 0.15) is 24.2 Å². The van der Waals surface area contributed by atoms with Crippen molar-refractivity contribution in [1.29, 1.82) is 0 Å². The molecule has 238 valence electrons. The molecule has 0 saturated carbocycles. The third kappa shape index (κ3) is 7.15. The molecule has 0 spiro atoms.